The smallest absolute Gasteiger partial charge is 0.316 e. The molecule has 2 bridgehead atoms. The number of piperidine rings is 1. The molecular weight excluding hydrogens is 450 g/mol. The van der Waals surface area contributed by atoms with E-state index in [1.807, 2.05) is 30.3 Å². The van der Waals surface area contributed by atoms with E-state index >= 15 is 0 Å². The SMILES string of the molecule is CC(C)[N+]1(C)C2CCC1CC(OC(=O)C(CO)c1ccccc1)C2.CC(O)CO.[Br-]. The van der Waals surface area contributed by atoms with Gasteiger partial charge in [-0.25, -0.2) is 0 Å². The normalized spacial score (nSPS) is 29.3. The van der Waals surface area contributed by atoms with Crippen molar-refractivity contribution in [1.82, 2.24) is 0 Å². The van der Waals surface area contributed by atoms with Gasteiger partial charge in [0.05, 0.1) is 44.5 Å². The molecule has 0 aromatic heterocycles. The number of aliphatic hydroxyl groups is 3. The Balaban J connectivity index is 0.000000674. The number of rotatable bonds is 6. The molecule has 6 nitrogen and oxygen atoms in total. The first-order valence-electron chi connectivity index (χ1n) is 10.7. The summed E-state index contributed by atoms with van der Waals surface area (Å²) >= 11 is 0. The van der Waals surface area contributed by atoms with E-state index < -0.39 is 12.0 Å². The van der Waals surface area contributed by atoms with Crippen LogP contribution in [0.25, 0.3) is 0 Å². The van der Waals surface area contributed by atoms with E-state index in [1.165, 1.54) is 19.8 Å². The molecule has 4 unspecified atom stereocenters. The average Bonchev–Trinajstić information content (AvgIpc) is 2.87. The fourth-order valence-electron chi connectivity index (χ4n) is 4.82. The van der Waals surface area contributed by atoms with E-state index in [4.69, 9.17) is 14.9 Å². The number of hydrogen-bond acceptors (Lipinski definition) is 5. The Morgan fingerprint density at radius 3 is 1.97 bits per heavy atom. The fourth-order valence-corrected chi connectivity index (χ4v) is 4.82. The topological polar surface area (TPSA) is 87.0 Å². The number of halogens is 1. The lowest BCUT2D eigenvalue weighted by Gasteiger charge is -2.49. The van der Waals surface area contributed by atoms with E-state index in [0.29, 0.717) is 18.1 Å². The standard InChI is InChI=1S/C20H30NO3.C3H8O2.BrH/c1-14(2)21(3)16-9-10-17(21)12-18(11-16)24-20(23)19(13-22)15-7-5-4-6-8-15;1-3(5)2-4;/h4-8,14,16-19,22H,9-13H2,1-3H3;3-5H,2H2,1H3;1H/q+1;;/p-1. The van der Waals surface area contributed by atoms with Gasteiger partial charge in [-0.1, -0.05) is 30.3 Å². The Hall–Kier alpha value is -0.990. The molecule has 7 heteroatoms. The second-order valence-electron chi connectivity index (χ2n) is 8.91. The average molecular weight is 488 g/mol. The van der Waals surface area contributed by atoms with Gasteiger partial charge in [-0.05, 0) is 26.3 Å². The first kappa shape index (κ1) is 27.0. The molecular formula is C23H38BrNO5. The van der Waals surface area contributed by atoms with Crippen molar-refractivity contribution in [3.8, 4) is 0 Å². The molecule has 2 fully saturated rings. The Morgan fingerprint density at radius 2 is 1.57 bits per heavy atom. The molecule has 0 radical (unpaired) electrons. The zero-order chi connectivity index (χ0) is 21.6. The lowest BCUT2D eigenvalue weighted by Crippen LogP contribution is -3.00. The van der Waals surface area contributed by atoms with Crippen molar-refractivity contribution in [3.63, 3.8) is 0 Å². The number of nitrogens with zero attached hydrogens (tertiary/aromatic N) is 1. The van der Waals surface area contributed by atoms with Crippen LogP contribution in [0.3, 0.4) is 0 Å². The maximum atomic E-state index is 12.6. The van der Waals surface area contributed by atoms with Crippen LogP contribution in [0.1, 0.15) is 57.9 Å². The molecule has 1 aromatic carbocycles. The predicted octanol–water partition coefficient (Wildman–Crippen LogP) is -0.782. The lowest BCUT2D eigenvalue weighted by molar-refractivity contribution is -0.968. The summed E-state index contributed by atoms with van der Waals surface area (Å²) in [5.74, 6) is -0.856. The number of benzene rings is 1. The van der Waals surface area contributed by atoms with Gasteiger partial charge in [-0.2, -0.15) is 0 Å². The second-order valence-corrected chi connectivity index (χ2v) is 8.91. The summed E-state index contributed by atoms with van der Waals surface area (Å²) in [5, 5.41) is 25.7. The summed E-state index contributed by atoms with van der Waals surface area (Å²) in [7, 11) is 2.37. The van der Waals surface area contributed by atoms with Gasteiger partial charge in [0.25, 0.3) is 0 Å². The Kier molecular flexibility index (Phi) is 11.0. The van der Waals surface area contributed by atoms with Crippen LogP contribution in [0.4, 0.5) is 0 Å². The van der Waals surface area contributed by atoms with Gasteiger partial charge in [-0.15, -0.1) is 0 Å². The highest BCUT2D eigenvalue weighted by Gasteiger charge is 2.53. The summed E-state index contributed by atoms with van der Waals surface area (Å²) in [5.41, 5.74) is 0.826. The van der Waals surface area contributed by atoms with Gasteiger partial charge in [0, 0.05) is 25.7 Å². The Morgan fingerprint density at radius 1 is 1.07 bits per heavy atom. The molecule has 0 saturated carbocycles. The summed E-state index contributed by atoms with van der Waals surface area (Å²) in [6.45, 7) is 5.78. The molecule has 2 saturated heterocycles. The summed E-state index contributed by atoms with van der Waals surface area (Å²) < 4.78 is 6.96. The van der Waals surface area contributed by atoms with Crippen molar-refractivity contribution in [3.05, 3.63) is 35.9 Å². The van der Waals surface area contributed by atoms with Crippen molar-refractivity contribution in [1.29, 1.82) is 0 Å². The van der Waals surface area contributed by atoms with Crippen LogP contribution in [-0.4, -0.2) is 76.4 Å². The number of carbonyl (C=O) groups is 1. The van der Waals surface area contributed by atoms with Crippen LogP contribution in [0.5, 0.6) is 0 Å². The zero-order valence-electron chi connectivity index (χ0n) is 18.6. The van der Waals surface area contributed by atoms with Crippen molar-refractivity contribution in [2.75, 3.05) is 20.3 Å². The minimum atomic E-state index is -0.572. The highest BCUT2D eigenvalue weighted by atomic mass is 79.9. The third-order valence-electron chi connectivity index (χ3n) is 6.81. The van der Waals surface area contributed by atoms with Crippen LogP contribution < -0.4 is 17.0 Å². The van der Waals surface area contributed by atoms with Crippen molar-refractivity contribution >= 4 is 5.97 Å². The van der Waals surface area contributed by atoms with Gasteiger partial charge in [-0.3, -0.25) is 4.79 Å². The van der Waals surface area contributed by atoms with Crippen LogP contribution in [-0.2, 0) is 9.53 Å². The number of quaternary nitrogens is 1. The molecule has 2 aliphatic heterocycles. The van der Waals surface area contributed by atoms with Gasteiger partial charge < -0.3 is 41.5 Å². The highest BCUT2D eigenvalue weighted by Crippen LogP contribution is 2.44. The minimum absolute atomic E-state index is 0. The Bertz CT molecular complexity index is 626. The number of ether oxygens (including phenoxy) is 1. The number of fused-ring (bicyclic) bond motifs is 2. The van der Waals surface area contributed by atoms with Gasteiger partial charge in [0.1, 0.15) is 12.0 Å². The fraction of sp³-hybridized carbons (Fsp3) is 0.696. The van der Waals surface area contributed by atoms with E-state index in [0.717, 1.165) is 22.9 Å². The molecule has 0 aliphatic carbocycles. The van der Waals surface area contributed by atoms with Crippen LogP contribution in [0.2, 0.25) is 0 Å². The molecule has 3 N–H and O–H groups in total. The predicted molar refractivity (Wildman–Crippen MR) is 112 cm³/mol. The van der Waals surface area contributed by atoms with Crippen LogP contribution in [0.15, 0.2) is 30.3 Å². The van der Waals surface area contributed by atoms with E-state index in [-0.39, 0.29) is 42.3 Å². The number of carbonyl (C=O) groups excluding carboxylic acids is 1. The van der Waals surface area contributed by atoms with Crippen molar-refractivity contribution in [2.45, 2.75) is 82.7 Å². The third kappa shape index (κ3) is 6.26. The molecule has 1 aromatic rings. The molecule has 0 amide bonds. The van der Waals surface area contributed by atoms with E-state index in [2.05, 4.69) is 20.9 Å². The second kappa shape index (κ2) is 12.2. The molecule has 2 heterocycles. The molecule has 30 heavy (non-hydrogen) atoms. The van der Waals surface area contributed by atoms with E-state index in [9.17, 15) is 9.90 Å². The zero-order valence-corrected chi connectivity index (χ0v) is 20.2. The Labute approximate surface area is 191 Å². The van der Waals surface area contributed by atoms with Crippen LogP contribution >= 0.6 is 0 Å². The molecule has 0 spiro atoms. The molecule has 3 rings (SSSR count). The number of hydrogen-bond donors (Lipinski definition) is 3. The van der Waals surface area contributed by atoms with Crippen molar-refractivity contribution in [2.24, 2.45) is 0 Å². The highest BCUT2D eigenvalue weighted by molar-refractivity contribution is 5.78. The third-order valence-corrected chi connectivity index (χ3v) is 6.81. The molecule has 4 atom stereocenters. The quantitative estimate of drug-likeness (QED) is 0.361. The first-order valence-corrected chi connectivity index (χ1v) is 10.7. The van der Waals surface area contributed by atoms with Crippen molar-refractivity contribution < 1.29 is 46.3 Å². The number of aliphatic hydroxyl groups excluding tert-OH is 3. The van der Waals surface area contributed by atoms with Gasteiger partial charge in [0.2, 0.25) is 0 Å². The molecule has 2 aliphatic rings. The van der Waals surface area contributed by atoms with Gasteiger partial charge >= 0.3 is 5.97 Å². The maximum absolute atomic E-state index is 12.6. The number of esters is 1. The molecule has 172 valence electrons. The summed E-state index contributed by atoms with van der Waals surface area (Å²) in [6.07, 6.45) is 3.80. The minimum Gasteiger partial charge on any atom is -1.00 e. The largest absolute Gasteiger partial charge is 1.00 e. The van der Waals surface area contributed by atoms with Crippen LogP contribution in [0, 0.1) is 0 Å². The maximum Gasteiger partial charge on any atom is 0.316 e. The monoisotopic (exact) mass is 487 g/mol. The lowest BCUT2D eigenvalue weighted by atomic mass is 9.94. The van der Waals surface area contributed by atoms with E-state index in [1.54, 1.807) is 0 Å². The van der Waals surface area contributed by atoms with Gasteiger partial charge in [0.15, 0.2) is 0 Å². The summed E-state index contributed by atoms with van der Waals surface area (Å²) in [6, 6.07) is 11.2. The first-order chi connectivity index (χ1) is 13.7. The summed E-state index contributed by atoms with van der Waals surface area (Å²) in [4.78, 5) is 12.6.